The number of hydrogen-bond acceptors (Lipinski definition) is 2. The smallest absolute Gasteiger partial charge is 0.119 e. The summed E-state index contributed by atoms with van der Waals surface area (Å²) in [6, 6.07) is 12.2. The molecule has 0 amide bonds. The van der Waals surface area contributed by atoms with Gasteiger partial charge in [0.25, 0.3) is 0 Å². The minimum Gasteiger partial charge on any atom is -0.497 e. The summed E-state index contributed by atoms with van der Waals surface area (Å²) in [6.07, 6.45) is 0.775. The lowest BCUT2D eigenvalue weighted by Gasteiger charge is -2.17. The van der Waals surface area contributed by atoms with Crippen molar-refractivity contribution in [2.75, 3.05) is 7.11 Å². The second-order valence-corrected chi connectivity index (χ2v) is 6.68. The van der Waals surface area contributed by atoms with Crippen LogP contribution in [0, 0.1) is 10.5 Å². The topological polar surface area (TPSA) is 35.2 Å². The average molecular weight is 446 g/mol. The van der Waals surface area contributed by atoms with Gasteiger partial charge < -0.3 is 10.5 Å². The third kappa shape index (κ3) is 3.54. The Labute approximate surface area is 142 Å². The zero-order chi connectivity index (χ0) is 14.7. The summed E-state index contributed by atoms with van der Waals surface area (Å²) in [5.41, 5.74) is 10.0. The fourth-order valence-corrected chi connectivity index (χ4v) is 3.31. The number of halogens is 2. The predicted molar refractivity (Wildman–Crippen MR) is 95.2 cm³/mol. The van der Waals surface area contributed by atoms with E-state index in [0.29, 0.717) is 0 Å². The van der Waals surface area contributed by atoms with Gasteiger partial charge in [-0.15, -0.1) is 0 Å². The van der Waals surface area contributed by atoms with Gasteiger partial charge in [-0.05, 0) is 70.8 Å². The Bertz CT molecular complexity index is 615. The van der Waals surface area contributed by atoms with Crippen molar-refractivity contribution in [1.82, 2.24) is 0 Å². The summed E-state index contributed by atoms with van der Waals surface area (Å²) in [7, 11) is 1.68. The fourth-order valence-electron chi connectivity index (χ4n) is 2.14. The van der Waals surface area contributed by atoms with Crippen LogP contribution < -0.4 is 10.5 Å². The van der Waals surface area contributed by atoms with Gasteiger partial charge in [-0.3, -0.25) is 0 Å². The molecule has 20 heavy (non-hydrogen) atoms. The molecule has 0 aromatic heterocycles. The van der Waals surface area contributed by atoms with Gasteiger partial charge >= 0.3 is 0 Å². The monoisotopic (exact) mass is 445 g/mol. The van der Waals surface area contributed by atoms with Crippen molar-refractivity contribution in [1.29, 1.82) is 0 Å². The van der Waals surface area contributed by atoms with E-state index in [-0.39, 0.29) is 6.04 Å². The molecule has 0 aliphatic heterocycles. The second kappa shape index (κ2) is 6.91. The van der Waals surface area contributed by atoms with E-state index < -0.39 is 0 Å². The molecule has 0 fully saturated rings. The van der Waals surface area contributed by atoms with E-state index in [0.717, 1.165) is 22.2 Å². The quantitative estimate of drug-likeness (QED) is 0.697. The highest BCUT2D eigenvalue weighted by atomic mass is 127. The number of methoxy groups -OCH3 is 1. The zero-order valence-electron chi connectivity index (χ0n) is 11.5. The third-order valence-electron chi connectivity index (χ3n) is 3.31. The lowest BCUT2D eigenvalue weighted by atomic mass is 9.98. The van der Waals surface area contributed by atoms with Gasteiger partial charge in [0.1, 0.15) is 5.75 Å². The van der Waals surface area contributed by atoms with Crippen LogP contribution in [-0.2, 0) is 6.42 Å². The number of ether oxygens (including phenoxy) is 1. The van der Waals surface area contributed by atoms with Crippen LogP contribution in [0.5, 0.6) is 5.75 Å². The number of aryl methyl sites for hydroxylation is 1. The van der Waals surface area contributed by atoms with Gasteiger partial charge in [0.15, 0.2) is 0 Å². The molecule has 0 radical (unpaired) electrons. The summed E-state index contributed by atoms with van der Waals surface area (Å²) in [5.74, 6) is 0.856. The van der Waals surface area contributed by atoms with Gasteiger partial charge in [0.05, 0.1) is 7.11 Å². The second-order valence-electron chi connectivity index (χ2n) is 4.75. The Balaban J connectivity index is 2.27. The highest BCUT2D eigenvalue weighted by Crippen LogP contribution is 2.29. The van der Waals surface area contributed by atoms with Crippen molar-refractivity contribution in [3.63, 3.8) is 0 Å². The molecule has 4 heteroatoms. The molecule has 0 spiro atoms. The van der Waals surface area contributed by atoms with Crippen LogP contribution in [0.1, 0.15) is 22.7 Å². The Hall–Kier alpha value is -0.590. The Kier molecular flexibility index (Phi) is 5.46. The van der Waals surface area contributed by atoms with Crippen LogP contribution in [0.2, 0.25) is 0 Å². The average Bonchev–Trinajstić information content (AvgIpc) is 2.44. The molecule has 0 saturated carbocycles. The van der Waals surface area contributed by atoms with E-state index in [9.17, 15) is 0 Å². The lowest BCUT2D eigenvalue weighted by Crippen LogP contribution is -2.15. The minimum absolute atomic E-state index is 0.0230. The summed E-state index contributed by atoms with van der Waals surface area (Å²) >= 11 is 5.95. The van der Waals surface area contributed by atoms with Crippen LogP contribution in [0.3, 0.4) is 0 Å². The highest BCUT2D eigenvalue weighted by molar-refractivity contribution is 14.1. The Morgan fingerprint density at radius 3 is 2.75 bits per heavy atom. The molecule has 0 aliphatic carbocycles. The number of benzene rings is 2. The van der Waals surface area contributed by atoms with Crippen molar-refractivity contribution in [2.45, 2.75) is 19.4 Å². The van der Waals surface area contributed by atoms with Crippen LogP contribution >= 0.6 is 38.5 Å². The normalized spacial score (nSPS) is 12.2. The van der Waals surface area contributed by atoms with E-state index in [4.69, 9.17) is 10.5 Å². The molecular weight excluding hydrogens is 429 g/mol. The summed E-state index contributed by atoms with van der Waals surface area (Å²) in [6.45, 7) is 2.11. The van der Waals surface area contributed by atoms with Crippen LogP contribution in [-0.4, -0.2) is 7.11 Å². The van der Waals surface area contributed by atoms with Crippen LogP contribution in [0.15, 0.2) is 40.9 Å². The summed E-state index contributed by atoms with van der Waals surface area (Å²) in [5, 5.41) is 0. The maximum absolute atomic E-state index is 6.39. The van der Waals surface area contributed by atoms with Gasteiger partial charge in [-0.1, -0.05) is 34.1 Å². The predicted octanol–water partition coefficient (Wildman–Crippen LogP) is 4.61. The first-order chi connectivity index (χ1) is 9.52. The maximum atomic E-state index is 6.39. The largest absolute Gasteiger partial charge is 0.497 e. The molecule has 1 unspecified atom stereocenters. The van der Waals surface area contributed by atoms with E-state index in [1.54, 1.807) is 7.11 Å². The van der Waals surface area contributed by atoms with Crippen molar-refractivity contribution in [3.05, 3.63) is 61.1 Å². The van der Waals surface area contributed by atoms with Crippen molar-refractivity contribution in [2.24, 2.45) is 5.73 Å². The van der Waals surface area contributed by atoms with Crippen molar-refractivity contribution < 1.29 is 4.74 Å². The summed E-state index contributed by atoms with van der Waals surface area (Å²) in [4.78, 5) is 0. The fraction of sp³-hybridized carbons (Fsp3) is 0.250. The third-order valence-corrected chi connectivity index (χ3v) is 5.56. The molecule has 0 saturated heterocycles. The maximum Gasteiger partial charge on any atom is 0.119 e. The van der Waals surface area contributed by atoms with Gasteiger partial charge in [0.2, 0.25) is 0 Å². The first kappa shape index (κ1) is 15.8. The summed E-state index contributed by atoms with van der Waals surface area (Å²) < 4.78 is 7.59. The van der Waals surface area contributed by atoms with E-state index >= 15 is 0 Å². The standard InChI is InChI=1S/C16H17BrINO/c1-10-4-3-5-13(16(10)18)15(19)9-11-8-12(20-2)6-7-14(11)17/h3-8,15H,9,19H2,1-2H3. The Morgan fingerprint density at radius 2 is 2.05 bits per heavy atom. The van der Waals surface area contributed by atoms with Gasteiger partial charge in [0, 0.05) is 14.1 Å². The first-order valence-electron chi connectivity index (χ1n) is 6.36. The van der Waals surface area contributed by atoms with Crippen molar-refractivity contribution >= 4 is 38.5 Å². The lowest BCUT2D eigenvalue weighted by molar-refractivity contribution is 0.414. The Morgan fingerprint density at radius 1 is 1.30 bits per heavy atom. The molecule has 0 heterocycles. The molecule has 2 aromatic rings. The molecule has 0 aliphatic rings. The number of rotatable bonds is 4. The number of nitrogens with two attached hydrogens (primary N) is 1. The molecule has 106 valence electrons. The van der Waals surface area contributed by atoms with Crippen LogP contribution in [0.25, 0.3) is 0 Å². The SMILES string of the molecule is COc1ccc(Br)c(CC(N)c2cccc(C)c2I)c1. The molecule has 2 N–H and O–H groups in total. The van der Waals surface area contributed by atoms with Gasteiger partial charge in [-0.25, -0.2) is 0 Å². The van der Waals surface area contributed by atoms with Crippen molar-refractivity contribution in [3.8, 4) is 5.75 Å². The van der Waals surface area contributed by atoms with E-state index in [1.807, 2.05) is 18.2 Å². The molecular formula is C16H17BrINO. The zero-order valence-corrected chi connectivity index (χ0v) is 15.2. The molecule has 2 rings (SSSR count). The minimum atomic E-state index is -0.0230. The highest BCUT2D eigenvalue weighted by Gasteiger charge is 2.14. The molecule has 0 bridgehead atoms. The molecule has 2 aromatic carbocycles. The first-order valence-corrected chi connectivity index (χ1v) is 8.23. The van der Waals surface area contributed by atoms with Gasteiger partial charge in [-0.2, -0.15) is 0 Å². The molecule has 1 atom stereocenters. The van der Waals surface area contributed by atoms with E-state index in [1.165, 1.54) is 14.7 Å². The number of hydrogen-bond donors (Lipinski definition) is 1. The van der Waals surface area contributed by atoms with E-state index in [2.05, 4.69) is 63.6 Å². The van der Waals surface area contributed by atoms with Crippen LogP contribution in [0.4, 0.5) is 0 Å². The molecule has 2 nitrogen and oxygen atoms in total.